The van der Waals surface area contributed by atoms with E-state index in [4.69, 9.17) is 4.42 Å². The second-order valence-corrected chi connectivity index (χ2v) is 4.88. The van der Waals surface area contributed by atoms with Crippen LogP contribution in [0.4, 0.5) is 0 Å². The van der Waals surface area contributed by atoms with Gasteiger partial charge >= 0.3 is 5.76 Å². The van der Waals surface area contributed by atoms with Crippen LogP contribution in [0, 0.1) is 0 Å². The predicted molar refractivity (Wildman–Crippen MR) is 69.8 cm³/mol. The number of carbonyl (C=O) groups excluding carboxylic acids is 1. The molecule has 1 aromatic heterocycles. The smallest absolute Gasteiger partial charge is 0.408 e. The maximum Gasteiger partial charge on any atom is 0.419 e. The second kappa shape index (κ2) is 4.21. The van der Waals surface area contributed by atoms with Gasteiger partial charge in [0.15, 0.2) is 5.58 Å². The lowest BCUT2D eigenvalue weighted by Gasteiger charge is -2.37. The van der Waals surface area contributed by atoms with Crippen LogP contribution in [0.5, 0.6) is 0 Å². The Morgan fingerprint density at radius 3 is 2.84 bits per heavy atom. The standard InChI is InChI=1S/C14H14N2O3/c1-2-16-11-8-10(4-5-12(11)19-13(16)18)14(15-9-17)6-3-7-14/h4-5,8H,2-3,6-7H2,1H3. The fourth-order valence-corrected chi connectivity index (χ4v) is 2.72. The summed E-state index contributed by atoms with van der Waals surface area (Å²) in [6.07, 6.45) is 4.42. The van der Waals surface area contributed by atoms with E-state index in [2.05, 4.69) is 4.99 Å². The Morgan fingerprint density at radius 2 is 2.26 bits per heavy atom. The summed E-state index contributed by atoms with van der Waals surface area (Å²) in [4.78, 5) is 26.2. The van der Waals surface area contributed by atoms with Crippen LogP contribution >= 0.6 is 0 Å². The Morgan fingerprint density at radius 1 is 1.47 bits per heavy atom. The lowest BCUT2D eigenvalue weighted by atomic mass is 9.72. The number of hydrogen-bond acceptors (Lipinski definition) is 4. The zero-order chi connectivity index (χ0) is 13.5. The molecule has 0 saturated heterocycles. The molecule has 1 aromatic carbocycles. The van der Waals surface area contributed by atoms with Crippen molar-refractivity contribution < 1.29 is 9.21 Å². The van der Waals surface area contributed by atoms with E-state index in [-0.39, 0.29) is 5.76 Å². The molecule has 0 aliphatic heterocycles. The van der Waals surface area contributed by atoms with Gasteiger partial charge in [-0.05, 0) is 43.9 Å². The van der Waals surface area contributed by atoms with E-state index in [1.807, 2.05) is 19.1 Å². The van der Waals surface area contributed by atoms with Crippen LogP contribution in [0.25, 0.3) is 11.1 Å². The third-order valence-corrected chi connectivity index (χ3v) is 3.96. The summed E-state index contributed by atoms with van der Waals surface area (Å²) in [6.45, 7) is 2.45. The first-order valence-corrected chi connectivity index (χ1v) is 6.43. The largest absolute Gasteiger partial charge is 0.419 e. The second-order valence-electron chi connectivity index (χ2n) is 4.88. The lowest BCUT2D eigenvalue weighted by Crippen LogP contribution is -2.31. The Bertz CT molecular complexity index is 731. The average Bonchev–Trinajstić information content (AvgIpc) is 2.68. The zero-order valence-corrected chi connectivity index (χ0v) is 10.7. The number of aliphatic imine (C=N–C) groups is 1. The highest BCUT2D eigenvalue weighted by Crippen LogP contribution is 2.45. The highest BCUT2D eigenvalue weighted by atomic mass is 16.4. The van der Waals surface area contributed by atoms with Crippen molar-refractivity contribution in [3.63, 3.8) is 0 Å². The van der Waals surface area contributed by atoms with Crippen LogP contribution in [0.2, 0.25) is 0 Å². The summed E-state index contributed by atoms with van der Waals surface area (Å²) in [5.74, 6) is -0.351. The number of isocyanates is 1. The molecule has 0 bridgehead atoms. The minimum atomic E-state index is -0.443. The van der Waals surface area contributed by atoms with Crippen molar-refractivity contribution in [1.29, 1.82) is 0 Å². The van der Waals surface area contributed by atoms with Crippen LogP contribution < -0.4 is 5.76 Å². The van der Waals surface area contributed by atoms with Crippen LogP contribution in [0.15, 0.2) is 32.4 Å². The first kappa shape index (κ1) is 11.9. The summed E-state index contributed by atoms with van der Waals surface area (Å²) in [6, 6.07) is 5.56. The monoisotopic (exact) mass is 258 g/mol. The highest BCUT2D eigenvalue weighted by molar-refractivity contribution is 5.74. The van der Waals surface area contributed by atoms with E-state index < -0.39 is 5.54 Å². The topological polar surface area (TPSA) is 64.6 Å². The first-order valence-electron chi connectivity index (χ1n) is 6.43. The fourth-order valence-electron chi connectivity index (χ4n) is 2.72. The van der Waals surface area contributed by atoms with E-state index >= 15 is 0 Å². The van der Waals surface area contributed by atoms with E-state index in [0.717, 1.165) is 30.3 Å². The van der Waals surface area contributed by atoms with E-state index in [9.17, 15) is 9.59 Å². The number of aryl methyl sites for hydroxylation is 1. The maximum atomic E-state index is 11.7. The van der Waals surface area contributed by atoms with E-state index in [1.54, 1.807) is 16.7 Å². The molecule has 5 heteroatoms. The van der Waals surface area contributed by atoms with Gasteiger partial charge in [-0.1, -0.05) is 6.07 Å². The van der Waals surface area contributed by atoms with Crippen molar-refractivity contribution in [2.24, 2.45) is 4.99 Å². The van der Waals surface area contributed by atoms with Gasteiger partial charge < -0.3 is 4.42 Å². The molecule has 98 valence electrons. The minimum absolute atomic E-state index is 0.351. The number of benzene rings is 1. The molecule has 0 radical (unpaired) electrons. The van der Waals surface area contributed by atoms with Crippen molar-refractivity contribution in [1.82, 2.24) is 4.57 Å². The van der Waals surface area contributed by atoms with Crippen molar-refractivity contribution in [2.45, 2.75) is 38.3 Å². The molecule has 0 atom stereocenters. The fraction of sp³-hybridized carbons (Fsp3) is 0.429. The first-order chi connectivity index (χ1) is 9.20. The molecule has 1 fully saturated rings. The predicted octanol–water partition coefficient (Wildman–Crippen LogP) is 2.33. The van der Waals surface area contributed by atoms with Crippen molar-refractivity contribution >= 4 is 17.2 Å². The summed E-state index contributed by atoms with van der Waals surface area (Å²) < 4.78 is 6.75. The molecule has 0 amide bonds. The Balaban J connectivity index is 2.21. The molecule has 0 spiro atoms. The zero-order valence-electron chi connectivity index (χ0n) is 10.7. The third-order valence-electron chi connectivity index (χ3n) is 3.96. The lowest BCUT2D eigenvalue weighted by molar-refractivity contribution is 0.256. The number of aromatic nitrogens is 1. The maximum absolute atomic E-state index is 11.7. The number of rotatable bonds is 3. The number of hydrogen-bond donors (Lipinski definition) is 0. The van der Waals surface area contributed by atoms with E-state index in [1.165, 1.54) is 0 Å². The van der Waals surface area contributed by atoms with Gasteiger partial charge in [0.1, 0.15) is 0 Å². The van der Waals surface area contributed by atoms with Gasteiger partial charge in [0.25, 0.3) is 0 Å². The summed E-state index contributed by atoms with van der Waals surface area (Å²) in [5.41, 5.74) is 1.84. The highest BCUT2D eigenvalue weighted by Gasteiger charge is 2.39. The SMILES string of the molecule is CCn1c(=O)oc2ccc(C3(N=C=O)CCC3)cc21. The Labute approximate surface area is 109 Å². The number of fused-ring (bicyclic) bond motifs is 1. The van der Waals surface area contributed by atoms with Gasteiger partial charge in [-0.15, -0.1) is 0 Å². The molecule has 1 saturated carbocycles. The molecule has 0 N–H and O–H groups in total. The summed E-state index contributed by atoms with van der Waals surface area (Å²) in [7, 11) is 0. The van der Waals surface area contributed by atoms with Gasteiger partial charge in [0, 0.05) is 6.54 Å². The molecule has 0 unspecified atom stereocenters. The van der Waals surface area contributed by atoms with Crippen LogP contribution in [-0.2, 0) is 16.9 Å². The van der Waals surface area contributed by atoms with Crippen LogP contribution in [0.1, 0.15) is 31.7 Å². The van der Waals surface area contributed by atoms with Gasteiger partial charge in [-0.3, -0.25) is 4.57 Å². The van der Waals surface area contributed by atoms with Crippen molar-refractivity contribution in [3.05, 3.63) is 34.3 Å². The van der Waals surface area contributed by atoms with Crippen molar-refractivity contribution in [3.8, 4) is 0 Å². The number of oxazole rings is 1. The van der Waals surface area contributed by atoms with Crippen molar-refractivity contribution in [2.75, 3.05) is 0 Å². The average molecular weight is 258 g/mol. The van der Waals surface area contributed by atoms with E-state index in [0.29, 0.717) is 12.1 Å². The number of nitrogens with zero attached hydrogens (tertiary/aromatic N) is 2. The Kier molecular flexibility index (Phi) is 2.64. The molecule has 1 heterocycles. The van der Waals surface area contributed by atoms with Gasteiger partial charge in [0.2, 0.25) is 6.08 Å². The molecule has 19 heavy (non-hydrogen) atoms. The summed E-state index contributed by atoms with van der Waals surface area (Å²) in [5, 5.41) is 0. The normalized spacial score (nSPS) is 16.9. The quantitative estimate of drug-likeness (QED) is 0.627. The molecule has 3 rings (SSSR count). The van der Waals surface area contributed by atoms with Gasteiger partial charge in [-0.25, -0.2) is 9.59 Å². The summed E-state index contributed by atoms with van der Waals surface area (Å²) >= 11 is 0. The molecule has 5 nitrogen and oxygen atoms in total. The van der Waals surface area contributed by atoms with Crippen LogP contribution in [-0.4, -0.2) is 10.6 Å². The van der Waals surface area contributed by atoms with Crippen LogP contribution in [0.3, 0.4) is 0 Å². The van der Waals surface area contributed by atoms with Gasteiger partial charge in [0.05, 0.1) is 11.1 Å². The molecular formula is C14H14N2O3. The molecular weight excluding hydrogens is 244 g/mol. The third kappa shape index (κ3) is 1.66. The Hall–Kier alpha value is -2.13. The molecule has 2 aromatic rings. The molecule has 1 aliphatic rings. The minimum Gasteiger partial charge on any atom is -0.408 e. The van der Waals surface area contributed by atoms with Gasteiger partial charge in [-0.2, -0.15) is 4.99 Å². The molecule has 1 aliphatic carbocycles.